The van der Waals surface area contributed by atoms with E-state index < -0.39 is 15.4 Å². The molecule has 2 aromatic rings. The van der Waals surface area contributed by atoms with Crippen LogP contribution in [0.3, 0.4) is 0 Å². The summed E-state index contributed by atoms with van der Waals surface area (Å²) in [5, 5.41) is 12.2. The summed E-state index contributed by atoms with van der Waals surface area (Å²) in [7, 11) is -2.51. The van der Waals surface area contributed by atoms with Crippen molar-refractivity contribution < 1.29 is 27.8 Å². The van der Waals surface area contributed by atoms with Crippen molar-refractivity contribution >= 4 is 27.3 Å². The zero-order chi connectivity index (χ0) is 24.6. The van der Waals surface area contributed by atoms with Gasteiger partial charge in [-0.3, -0.25) is 9.52 Å². The van der Waals surface area contributed by atoms with Gasteiger partial charge in [0.25, 0.3) is 10.0 Å². The fraction of sp³-hybridized carbons (Fsp3) is 0.480. The topological polar surface area (TPSA) is 117 Å². The van der Waals surface area contributed by atoms with E-state index in [0.717, 1.165) is 50.8 Å². The number of nitrogens with zero attached hydrogens (tertiary/aromatic N) is 1. The summed E-state index contributed by atoms with van der Waals surface area (Å²) in [5.41, 5.74) is 1.17. The molecule has 9 nitrogen and oxygen atoms in total. The number of nitrogens with one attached hydrogen (secondary N) is 2. The van der Waals surface area contributed by atoms with Gasteiger partial charge in [-0.15, -0.1) is 0 Å². The Bertz CT molecular complexity index is 1220. The normalized spacial score (nSPS) is 19.7. The number of ether oxygens (including phenoxy) is 2. The lowest BCUT2D eigenvalue weighted by Crippen LogP contribution is -2.40. The van der Waals surface area contributed by atoms with E-state index in [-0.39, 0.29) is 29.3 Å². The van der Waals surface area contributed by atoms with Gasteiger partial charge in [-0.25, -0.2) is 8.42 Å². The van der Waals surface area contributed by atoms with Gasteiger partial charge in [-0.05, 0) is 49.4 Å². The lowest BCUT2D eigenvalue weighted by atomic mass is 9.65. The molecule has 1 saturated heterocycles. The number of aliphatic hydroxyl groups is 1. The van der Waals surface area contributed by atoms with Crippen molar-refractivity contribution in [3.05, 3.63) is 42.0 Å². The molecule has 3 aliphatic rings. The number of carbonyl (C=O) groups is 1. The van der Waals surface area contributed by atoms with Crippen LogP contribution >= 0.6 is 0 Å². The number of benzene rings is 2. The lowest BCUT2D eigenvalue weighted by Gasteiger charge is -2.36. The van der Waals surface area contributed by atoms with Crippen LogP contribution in [0.2, 0.25) is 0 Å². The van der Waals surface area contributed by atoms with E-state index in [0.29, 0.717) is 23.7 Å². The second-order valence-corrected chi connectivity index (χ2v) is 11.1. The minimum absolute atomic E-state index is 0.0364. The highest BCUT2D eigenvalue weighted by Crippen LogP contribution is 2.54. The molecule has 2 aliphatic heterocycles. The molecule has 0 radical (unpaired) electrons. The first-order chi connectivity index (χ1) is 16.9. The number of para-hydroxylation sites is 1. The summed E-state index contributed by atoms with van der Waals surface area (Å²) in [6, 6.07) is 9.86. The first-order valence-electron chi connectivity index (χ1n) is 12.0. The van der Waals surface area contributed by atoms with Crippen molar-refractivity contribution in [1.82, 2.24) is 4.90 Å². The number of likely N-dealkylation sites (tertiary alicyclic amines) is 1. The number of methoxy groups -OCH3 is 1. The van der Waals surface area contributed by atoms with E-state index in [1.165, 1.54) is 13.2 Å². The van der Waals surface area contributed by atoms with Gasteiger partial charge in [0.15, 0.2) is 0 Å². The summed E-state index contributed by atoms with van der Waals surface area (Å²) in [6.45, 7) is 2.39. The number of anilines is 2. The second kappa shape index (κ2) is 9.33. The quantitative estimate of drug-likeness (QED) is 0.509. The average molecular weight is 502 g/mol. The first kappa shape index (κ1) is 23.9. The van der Waals surface area contributed by atoms with Gasteiger partial charge in [0.1, 0.15) is 22.5 Å². The Kier molecular flexibility index (Phi) is 6.37. The molecule has 188 valence electrons. The van der Waals surface area contributed by atoms with Crippen LogP contribution in [0.15, 0.2) is 41.3 Å². The van der Waals surface area contributed by atoms with Gasteiger partial charge in [0.05, 0.1) is 30.5 Å². The zero-order valence-corrected chi connectivity index (χ0v) is 20.6. The van der Waals surface area contributed by atoms with Gasteiger partial charge >= 0.3 is 0 Å². The van der Waals surface area contributed by atoms with Gasteiger partial charge < -0.3 is 24.8 Å². The molecule has 0 atom stereocenters. The van der Waals surface area contributed by atoms with E-state index in [4.69, 9.17) is 9.47 Å². The zero-order valence-electron chi connectivity index (χ0n) is 19.7. The number of carbonyl (C=O) groups excluding carboxylic acids is 1. The minimum Gasteiger partial charge on any atom is -0.495 e. The molecule has 0 aromatic heterocycles. The molecule has 1 aliphatic carbocycles. The molecule has 2 aromatic carbocycles. The number of β-amino-alcohol motifs (C(OH)–C–C–N with tert-alkyl or cyclic N) is 1. The van der Waals surface area contributed by atoms with E-state index >= 15 is 0 Å². The van der Waals surface area contributed by atoms with Gasteiger partial charge in [-0.2, -0.15) is 0 Å². The fourth-order valence-corrected chi connectivity index (χ4v) is 6.49. The average Bonchev–Trinajstić information content (AvgIpc) is 3.12. The summed E-state index contributed by atoms with van der Waals surface area (Å²) in [5.74, 6) is 0.684. The third-order valence-corrected chi connectivity index (χ3v) is 8.77. The van der Waals surface area contributed by atoms with E-state index in [2.05, 4.69) is 14.9 Å². The second-order valence-electron chi connectivity index (χ2n) is 9.43. The van der Waals surface area contributed by atoms with Crippen LogP contribution in [0, 0.1) is 0 Å². The number of hydrogen-bond donors (Lipinski definition) is 3. The Morgan fingerprint density at radius 2 is 1.91 bits per heavy atom. The Hall–Kier alpha value is -2.82. The van der Waals surface area contributed by atoms with Crippen LogP contribution in [0.5, 0.6) is 11.5 Å². The minimum atomic E-state index is -3.94. The largest absolute Gasteiger partial charge is 0.495 e. The molecule has 3 N–H and O–H groups in total. The Balaban J connectivity index is 1.47. The standard InChI is InChI=1S/C25H31N3O6S/c1-33-20-5-2-3-6-22(20)35(31,32)27-17-15-19-23(26-24(30)25(19)9-4-10-25)21(16-17)34-18-7-11-28(12-8-18)13-14-29/h2-3,5-6,15-16,18,27,29H,4,7-14H2,1H3,(H,26,30). The van der Waals surface area contributed by atoms with Crippen LogP contribution in [0.25, 0.3) is 0 Å². The van der Waals surface area contributed by atoms with Crippen LogP contribution in [-0.2, 0) is 20.2 Å². The van der Waals surface area contributed by atoms with Crippen LogP contribution in [0.4, 0.5) is 11.4 Å². The Morgan fingerprint density at radius 1 is 1.17 bits per heavy atom. The number of fused-ring (bicyclic) bond motifs is 2. The molecule has 2 heterocycles. The lowest BCUT2D eigenvalue weighted by molar-refractivity contribution is -0.123. The van der Waals surface area contributed by atoms with Crippen molar-refractivity contribution in [2.45, 2.75) is 48.5 Å². The highest BCUT2D eigenvalue weighted by Gasteiger charge is 2.52. The maximum absolute atomic E-state index is 13.2. The number of rotatable bonds is 8. The molecule has 5 rings (SSSR count). The predicted octanol–water partition coefficient (Wildman–Crippen LogP) is 2.71. The van der Waals surface area contributed by atoms with Crippen LogP contribution < -0.4 is 19.5 Å². The summed E-state index contributed by atoms with van der Waals surface area (Å²) >= 11 is 0. The molecule has 0 bridgehead atoms. The van der Waals surface area contributed by atoms with Gasteiger partial charge in [0.2, 0.25) is 5.91 Å². The SMILES string of the molecule is COc1ccccc1S(=O)(=O)Nc1cc(OC2CCN(CCO)CC2)c2c(c1)C1(CCC1)C(=O)N2. The van der Waals surface area contributed by atoms with E-state index in [9.17, 15) is 18.3 Å². The van der Waals surface area contributed by atoms with E-state index in [1.807, 2.05) is 0 Å². The molecule has 2 fully saturated rings. The third kappa shape index (κ3) is 4.34. The summed E-state index contributed by atoms with van der Waals surface area (Å²) in [6.07, 6.45) is 3.91. The number of sulfonamides is 1. The fourth-order valence-electron chi connectivity index (χ4n) is 5.28. The highest BCUT2D eigenvalue weighted by atomic mass is 32.2. The van der Waals surface area contributed by atoms with Crippen molar-refractivity contribution in [2.75, 3.05) is 43.4 Å². The molecule has 1 spiro atoms. The number of aliphatic hydroxyl groups excluding tert-OH is 1. The number of hydrogen-bond acceptors (Lipinski definition) is 7. The molecule has 0 unspecified atom stereocenters. The highest BCUT2D eigenvalue weighted by molar-refractivity contribution is 7.92. The van der Waals surface area contributed by atoms with Crippen molar-refractivity contribution in [2.24, 2.45) is 0 Å². The van der Waals surface area contributed by atoms with Crippen molar-refractivity contribution in [3.8, 4) is 11.5 Å². The predicted molar refractivity (Wildman–Crippen MR) is 132 cm³/mol. The van der Waals surface area contributed by atoms with Crippen molar-refractivity contribution in [1.29, 1.82) is 0 Å². The van der Waals surface area contributed by atoms with Gasteiger partial charge in [0, 0.05) is 25.7 Å². The third-order valence-electron chi connectivity index (χ3n) is 7.35. The monoisotopic (exact) mass is 501 g/mol. The maximum Gasteiger partial charge on any atom is 0.265 e. The van der Waals surface area contributed by atoms with Crippen molar-refractivity contribution in [3.63, 3.8) is 0 Å². The maximum atomic E-state index is 13.2. The Morgan fingerprint density at radius 3 is 2.57 bits per heavy atom. The number of piperidine rings is 1. The van der Waals surface area contributed by atoms with Crippen LogP contribution in [-0.4, -0.2) is 63.8 Å². The molecule has 35 heavy (non-hydrogen) atoms. The van der Waals surface area contributed by atoms with E-state index in [1.54, 1.807) is 30.3 Å². The summed E-state index contributed by atoms with van der Waals surface area (Å²) < 4.78 is 40.8. The Labute approximate surface area is 205 Å². The van der Waals surface area contributed by atoms with Crippen LogP contribution in [0.1, 0.15) is 37.7 Å². The smallest absolute Gasteiger partial charge is 0.265 e. The number of amides is 1. The molecule has 10 heteroatoms. The van der Waals surface area contributed by atoms with Gasteiger partial charge in [-0.1, -0.05) is 18.6 Å². The molecule has 1 amide bonds. The molecule has 1 saturated carbocycles. The molecular formula is C25H31N3O6S. The first-order valence-corrected chi connectivity index (χ1v) is 13.5. The molecular weight excluding hydrogens is 470 g/mol. The summed E-state index contributed by atoms with van der Waals surface area (Å²) in [4.78, 5) is 15.2.